The summed E-state index contributed by atoms with van der Waals surface area (Å²) < 4.78 is 5.75. The Morgan fingerprint density at radius 1 is 1.18 bits per heavy atom. The van der Waals surface area contributed by atoms with Gasteiger partial charge in [-0.2, -0.15) is 5.26 Å². The second kappa shape index (κ2) is 8.99. The number of ether oxygens (including phenoxy) is 1. The van der Waals surface area contributed by atoms with Gasteiger partial charge in [0, 0.05) is 30.5 Å². The summed E-state index contributed by atoms with van der Waals surface area (Å²) in [5, 5.41) is 12.2. The molecule has 2 heterocycles. The molecule has 1 aromatic heterocycles. The number of benzene rings is 2. The molecule has 2 aromatic carbocycles. The molecule has 1 atom stereocenters. The van der Waals surface area contributed by atoms with Gasteiger partial charge in [0.25, 0.3) is 0 Å². The number of carbonyl (C=O) groups is 2. The lowest BCUT2D eigenvalue weighted by Crippen LogP contribution is -2.28. The highest BCUT2D eigenvalue weighted by Crippen LogP contribution is 2.32. The van der Waals surface area contributed by atoms with Gasteiger partial charge in [0.15, 0.2) is 0 Å². The number of nitriles is 1. The van der Waals surface area contributed by atoms with Gasteiger partial charge in [0.05, 0.1) is 5.92 Å². The van der Waals surface area contributed by atoms with E-state index >= 15 is 0 Å². The van der Waals surface area contributed by atoms with Crippen molar-refractivity contribution in [3.8, 4) is 17.7 Å². The van der Waals surface area contributed by atoms with E-state index in [0.717, 1.165) is 30.5 Å². The van der Waals surface area contributed by atoms with Crippen molar-refractivity contribution in [1.29, 1.82) is 5.26 Å². The summed E-state index contributed by atoms with van der Waals surface area (Å²) in [6.07, 6.45) is 5.06. The minimum Gasteiger partial charge on any atom is -0.438 e. The quantitative estimate of drug-likeness (QED) is 0.613. The van der Waals surface area contributed by atoms with Crippen LogP contribution in [0.2, 0.25) is 0 Å². The monoisotopic (exact) mass is 452 g/mol. The molecule has 0 bridgehead atoms. The fraction of sp³-hybridized carbons (Fsp3) is 0.259. The van der Waals surface area contributed by atoms with Crippen LogP contribution in [0.1, 0.15) is 35.1 Å². The Hall–Kier alpha value is -4.18. The molecule has 170 valence electrons. The number of aromatic nitrogens is 1. The molecular formula is C27H24N4O3. The Bertz CT molecular complexity index is 1330. The van der Waals surface area contributed by atoms with Gasteiger partial charge in [-0.15, -0.1) is 0 Å². The fourth-order valence-electron chi connectivity index (χ4n) is 4.60. The van der Waals surface area contributed by atoms with E-state index in [9.17, 15) is 14.9 Å². The Morgan fingerprint density at radius 3 is 2.85 bits per heavy atom. The van der Waals surface area contributed by atoms with Crippen molar-refractivity contribution < 1.29 is 14.3 Å². The predicted octanol–water partition coefficient (Wildman–Crippen LogP) is 4.53. The molecule has 7 heteroatoms. The summed E-state index contributed by atoms with van der Waals surface area (Å²) in [5.74, 6) is 0.136. The summed E-state index contributed by atoms with van der Waals surface area (Å²) >= 11 is 0. The van der Waals surface area contributed by atoms with Crippen LogP contribution in [-0.2, 0) is 22.4 Å². The molecule has 0 radical (unpaired) electrons. The highest BCUT2D eigenvalue weighted by molar-refractivity contribution is 6.03. The van der Waals surface area contributed by atoms with Gasteiger partial charge in [0.2, 0.25) is 17.7 Å². The molecule has 1 unspecified atom stereocenters. The lowest BCUT2D eigenvalue weighted by atomic mass is 10.1. The lowest BCUT2D eigenvalue weighted by Gasteiger charge is -2.18. The van der Waals surface area contributed by atoms with Gasteiger partial charge >= 0.3 is 0 Å². The van der Waals surface area contributed by atoms with Gasteiger partial charge in [0.1, 0.15) is 17.4 Å². The molecule has 1 N–H and O–H groups in total. The van der Waals surface area contributed by atoms with E-state index in [0.29, 0.717) is 23.5 Å². The number of fused-ring (bicyclic) bond motifs is 1. The van der Waals surface area contributed by atoms with Gasteiger partial charge < -0.3 is 15.0 Å². The molecule has 34 heavy (non-hydrogen) atoms. The first-order valence-corrected chi connectivity index (χ1v) is 11.4. The first-order valence-electron chi connectivity index (χ1n) is 11.4. The smallest absolute Gasteiger partial charge is 0.237 e. The van der Waals surface area contributed by atoms with Gasteiger partial charge in [-0.1, -0.05) is 6.07 Å². The van der Waals surface area contributed by atoms with E-state index in [-0.39, 0.29) is 24.1 Å². The van der Waals surface area contributed by atoms with Crippen LogP contribution in [-0.4, -0.2) is 23.3 Å². The van der Waals surface area contributed by atoms with E-state index in [1.54, 1.807) is 41.4 Å². The SMILES string of the molecule is Cc1cc(Oc2ncccc2C#N)ccc1NC(=O)C1CC(=O)N(c2ccc3c(c2)CCC3)C1. The summed E-state index contributed by atoms with van der Waals surface area (Å²) in [7, 11) is 0. The Morgan fingerprint density at radius 2 is 2.03 bits per heavy atom. The van der Waals surface area contributed by atoms with E-state index in [4.69, 9.17) is 4.74 Å². The summed E-state index contributed by atoms with van der Waals surface area (Å²) in [6, 6.07) is 16.8. The number of pyridine rings is 1. The zero-order valence-electron chi connectivity index (χ0n) is 18.9. The Labute approximate surface area is 198 Å². The van der Waals surface area contributed by atoms with Crippen LogP contribution in [0.5, 0.6) is 11.6 Å². The maximum absolute atomic E-state index is 13.0. The summed E-state index contributed by atoms with van der Waals surface area (Å²) in [4.78, 5) is 31.5. The normalized spacial score (nSPS) is 16.8. The first kappa shape index (κ1) is 21.7. The van der Waals surface area contributed by atoms with Crippen LogP contribution in [0.4, 0.5) is 11.4 Å². The van der Waals surface area contributed by atoms with Gasteiger partial charge in [-0.05, 0) is 85.3 Å². The number of carbonyl (C=O) groups excluding carboxylic acids is 2. The molecule has 1 aliphatic carbocycles. The van der Waals surface area contributed by atoms with Crippen molar-refractivity contribution >= 4 is 23.2 Å². The second-order valence-electron chi connectivity index (χ2n) is 8.75. The molecule has 5 rings (SSSR count). The number of hydrogen-bond donors (Lipinski definition) is 1. The van der Waals surface area contributed by atoms with Crippen molar-refractivity contribution in [2.45, 2.75) is 32.6 Å². The molecule has 7 nitrogen and oxygen atoms in total. The molecule has 2 amide bonds. The average molecular weight is 453 g/mol. The number of hydrogen-bond acceptors (Lipinski definition) is 5. The fourth-order valence-corrected chi connectivity index (χ4v) is 4.60. The number of amides is 2. The van der Waals surface area contributed by atoms with Crippen LogP contribution in [0.15, 0.2) is 54.7 Å². The third-order valence-electron chi connectivity index (χ3n) is 6.45. The summed E-state index contributed by atoms with van der Waals surface area (Å²) in [5.41, 5.74) is 5.35. The van der Waals surface area contributed by atoms with Crippen LogP contribution in [0.25, 0.3) is 0 Å². The number of nitrogens with zero attached hydrogens (tertiary/aromatic N) is 3. The van der Waals surface area contributed by atoms with Crippen LogP contribution in [0, 0.1) is 24.2 Å². The third-order valence-corrected chi connectivity index (χ3v) is 6.45. The van der Waals surface area contributed by atoms with Crippen molar-refractivity contribution in [3.05, 3.63) is 77.0 Å². The highest BCUT2D eigenvalue weighted by Gasteiger charge is 2.35. The molecule has 1 saturated heterocycles. The van der Waals surface area contributed by atoms with Crippen LogP contribution in [0.3, 0.4) is 0 Å². The molecule has 2 aliphatic rings. The number of anilines is 2. The van der Waals surface area contributed by atoms with E-state index in [1.165, 1.54) is 11.1 Å². The zero-order valence-corrected chi connectivity index (χ0v) is 18.9. The molecule has 0 saturated carbocycles. The van der Waals surface area contributed by atoms with Gasteiger partial charge in [-0.25, -0.2) is 4.98 Å². The van der Waals surface area contributed by atoms with Crippen molar-refractivity contribution in [1.82, 2.24) is 4.98 Å². The van der Waals surface area contributed by atoms with Crippen molar-refractivity contribution in [3.63, 3.8) is 0 Å². The number of rotatable bonds is 5. The third kappa shape index (κ3) is 4.23. The maximum atomic E-state index is 13.0. The Kier molecular flexibility index (Phi) is 5.72. The second-order valence-corrected chi connectivity index (χ2v) is 8.75. The first-order chi connectivity index (χ1) is 16.5. The minimum atomic E-state index is -0.414. The largest absolute Gasteiger partial charge is 0.438 e. The Balaban J connectivity index is 1.25. The van der Waals surface area contributed by atoms with Crippen molar-refractivity contribution in [2.75, 3.05) is 16.8 Å². The van der Waals surface area contributed by atoms with E-state index in [2.05, 4.69) is 28.5 Å². The molecule has 1 fully saturated rings. The number of aryl methyl sites for hydroxylation is 3. The van der Waals surface area contributed by atoms with Crippen molar-refractivity contribution in [2.24, 2.45) is 5.92 Å². The van der Waals surface area contributed by atoms with Crippen LogP contribution >= 0.6 is 0 Å². The minimum absolute atomic E-state index is 0.0257. The standard InChI is InChI=1S/C27H24N4O3/c1-17-12-23(34-27-20(15-28)6-3-11-29-27)9-10-24(17)30-26(33)21-14-25(32)31(16-21)22-8-7-18-4-2-5-19(18)13-22/h3,6-13,21H,2,4-5,14,16H2,1H3,(H,30,33). The molecule has 3 aromatic rings. The molecule has 1 aliphatic heterocycles. The lowest BCUT2D eigenvalue weighted by molar-refractivity contribution is -0.122. The van der Waals surface area contributed by atoms with E-state index in [1.807, 2.05) is 13.0 Å². The zero-order chi connectivity index (χ0) is 23.7. The molecular weight excluding hydrogens is 428 g/mol. The summed E-state index contributed by atoms with van der Waals surface area (Å²) in [6.45, 7) is 2.24. The highest BCUT2D eigenvalue weighted by atomic mass is 16.5. The van der Waals surface area contributed by atoms with E-state index < -0.39 is 5.92 Å². The molecule has 0 spiro atoms. The maximum Gasteiger partial charge on any atom is 0.237 e. The van der Waals surface area contributed by atoms with Crippen LogP contribution < -0.4 is 15.0 Å². The number of nitrogens with one attached hydrogen (secondary N) is 1. The topological polar surface area (TPSA) is 95.3 Å². The van der Waals surface area contributed by atoms with Gasteiger partial charge in [-0.3, -0.25) is 9.59 Å². The average Bonchev–Trinajstić information content (AvgIpc) is 3.47. The predicted molar refractivity (Wildman–Crippen MR) is 128 cm³/mol.